The number of carbonyl (C=O) groups excluding carboxylic acids is 1. The number of anilines is 1. The number of thiophene rings is 1. The second kappa shape index (κ2) is 9.07. The summed E-state index contributed by atoms with van der Waals surface area (Å²) in [5.74, 6) is 1.59. The number of hydrogen-bond donors (Lipinski definition) is 1. The lowest BCUT2D eigenvalue weighted by molar-refractivity contribution is -0.116. The van der Waals surface area contributed by atoms with E-state index in [2.05, 4.69) is 25.4 Å². The number of hydrogen-bond acceptors (Lipinski definition) is 8. The molecule has 4 heterocycles. The first-order chi connectivity index (χ1) is 14.3. The van der Waals surface area contributed by atoms with Crippen LogP contribution in [0.2, 0.25) is 0 Å². The van der Waals surface area contributed by atoms with E-state index in [1.807, 2.05) is 29.0 Å². The molecule has 4 rings (SSSR count). The van der Waals surface area contributed by atoms with Crippen LogP contribution in [-0.4, -0.2) is 26.0 Å². The van der Waals surface area contributed by atoms with Crippen LogP contribution in [0, 0.1) is 0 Å². The van der Waals surface area contributed by atoms with E-state index in [0.717, 1.165) is 11.1 Å². The van der Waals surface area contributed by atoms with E-state index in [9.17, 15) is 4.79 Å². The van der Waals surface area contributed by atoms with E-state index in [0.29, 0.717) is 36.3 Å². The van der Waals surface area contributed by atoms with Gasteiger partial charge in [-0.05, 0) is 41.3 Å². The Kier molecular flexibility index (Phi) is 5.87. The molecule has 4 aromatic heterocycles. The highest BCUT2D eigenvalue weighted by Crippen LogP contribution is 2.23. The van der Waals surface area contributed by atoms with E-state index < -0.39 is 0 Å². The lowest BCUT2D eigenvalue weighted by atomic mass is 10.3. The quantitative estimate of drug-likeness (QED) is 0.474. The van der Waals surface area contributed by atoms with Crippen molar-refractivity contribution in [3.63, 3.8) is 0 Å². The zero-order valence-electron chi connectivity index (χ0n) is 15.3. The van der Waals surface area contributed by atoms with Crippen molar-refractivity contribution >= 4 is 23.1 Å². The van der Waals surface area contributed by atoms with Gasteiger partial charge in [-0.1, -0.05) is 5.16 Å². The Bertz CT molecular complexity index is 1070. The molecule has 1 N–H and O–H groups in total. The standard InChI is InChI=1S/C20H17N5O3S/c26-17(3-4-18-24-19(25-28-18)15-7-11-29-13-15)23-20-16(2-1-8-22-20)27-12-14-5-9-21-10-6-14/h1-2,5-11,13H,3-4,12H2,(H,22,23,26). The van der Waals surface area contributed by atoms with Crippen LogP contribution in [0.1, 0.15) is 17.9 Å². The smallest absolute Gasteiger partial charge is 0.227 e. The van der Waals surface area contributed by atoms with Gasteiger partial charge >= 0.3 is 0 Å². The monoisotopic (exact) mass is 407 g/mol. The molecule has 0 aliphatic carbocycles. The largest absolute Gasteiger partial charge is 0.485 e. The topological polar surface area (TPSA) is 103 Å². The van der Waals surface area contributed by atoms with E-state index >= 15 is 0 Å². The van der Waals surface area contributed by atoms with Gasteiger partial charge in [0.1, 0.15) is 6.61 Å². The van der Waals surface area contributed by atoms with Crippen LogP contribution in [-0.2, 0) is 17.8 Å². The van der Waals surface area contributed by atoms with Crippen molar-refractivity contribution in [1.29, 1.82) is 0 Å². The first kappa shape index (κ1) is 18.8. The number of nitrogens with one attached hydrogen (secondary N) is 1. The van der Waals surface area contributed by atoms with Gasteiger partial charge in [0, 0.05) is 42.4 Å². The SMILES string of the molecule is O=C(CCc1nc(-c2ccsc2)no1)Nc1ncccc1OCc1ccncc1. The molecule has 0 spiro atoms. The van der Waals surface area contributed by atoms with Gasteiger partial charge < -0.3 is 14.6 Å². The molecule has 0 radical (unpaired) electrons. The molecule has 8 nitrogen and oxygen atoms in total. The number of carbonyl (C=O) groups is 1. The number of amides is 1. The summed E-state index contributed by atoms with van der Waals surface area (Å²) >= 11 is 1.56. The summed E-state index contributed by atoms with van der Waals surface area (Å²) in [4.78, 5) is 24.8. The van der Waals surface area contributed by atoms with Crippen molar-refractivity contribution in [3.8, 4) is 17.1 Å². The number of aryl methyl sites for hydroxylation is 1. The number of rotatable bonds is 8. The van der Waals surface area contributed by atoms with Crippen molar-refractivity contribution in [2.24, 2.45) is 0 Å². The van der Waals surface area contributed by atoms with Gasteiger partial charge in [0.2, 0.25) is 17.6 Å². The van der Waals surface area contributed by atoms with Crippen LogP contribution < -0.4 is 10.1 Å². The Labute approximate surface area is 170 Å². The second-order valence-corrected chi connectivity index (χ2v) is 6.85. The molecule has 0 aliphatic heterocycles. The molecule has 0 aliphatic rings. The molecule has 0 saturated heterocycles. The molecule has 1 amide bonds. The lowest BCUT2D eigenvalue weighted by Gasteiger charge is -2.11. The van der Waals surface area contributed by atoms with Crippen molar-refractivity contribution in [2.75, 3.05) is 5.32 Å². The van der Waals surface area contributed by atoms with Crippen LogP contribution in [0.4, 0.5) is 5.82 Å². The highest BCUT2D eigenvalue weighted by molar-refractivity contribution is 7.08. The molecule has 29 heavy (non-hydrogen) atoms. The van der Waals surface area contributed by atoms with Crippen LogP contribution in [0.25, 0.3) is 11.4 Å². The molecule has 0 aromatic carbocycles. The van der Waals surface area contributed by atoms with E-state index in [4.69, 9.17) is 9.26 Å². The minimum atomic E-state index is -0.215. The summed E-state index contributed by atoms with van der Waals surface area (Å²) in [6.07, 6.45) is 5.52. The third kappa shape index (κ3) is 5.02. The maximum absolute atomic E-state index is 12.3. The molecule has 0 unspecified atom stereocenters. The molecular formula is C20H17N5O3S. The molecule has 0 fully saturated rings. The Morgan fingerprint density at radius 2 is 2.07 bits per heavy atom. The number of pyridine rings is 2. The summed E-state index contributed by atoms with van der Waals surface area (Å²) in [5.41, 5.74) is 1.87. The number of aromatic nitrogens is 4. The average Bonchev–Trinajstić information content (AvgIpc) is 3.44. The molecule has 146 valence electrons. The minimum Gasteiger partial charge on any atom is -0.485 e. The Hall–Kier alpha value is -3.59. The van der Waals surface area contributed by atoms with Crippen LogP contribution in [0.5, 0.6) is 5.75 Å². The third-order valence-corrected chi connectivity index (χ3v) is 4.67. The maximum atomic E-state index is 12.3. The molecule has 9 heteroatoms. The van der Waals surface area contributed by atoms with Gasteiger partial charge in [0.05, 0.1) is 0 Å². The third-order valence-electron chi connectivity index (χ3n) is 3.99. The lowest BCUT2D eigenvalue weighted by Crippen LogP contribution is -2.14. The van der Waals surface area contributed by atoms with Gasteiger partial charge in [0.15, 0.2) is 11.6 Å². The summed E-state index contributed by atoms with van der Waals surface area (Å²) in [5, 5.41) is 10.6. The Morgan fingerprint density at radius 1 is 1.17 bits per heavy atom. The predicted molar refractivity (Wildman–Crippen MR) is 107 cm³/mol. The van der Waals surface area contributed by atoms with Gasteiger partial charge in [-0.3, -0.25) is 9.78 Å². The highest BCUT2D eigenvalue weighted by Gasteiger charge is 2.13. The summed E-state index contributed by atoms with van der Waals surface area (Å²) in [6.45, 7) is 0.352. The predicted octanol–water partition coefficient (Wildman–Crippen LogP) is 3.74. The fraction of sp³-hybridized carbons (Fsp3) is 0.150. The van der Waals surface area contributed by atoms with Crippen molar-refractivity contribution in [1.82, 2.24) is 20.1 Å². The average molecular weight is 407 g/mol. The van der Waals surface area contributed by atoms with Crippen molar-refractivity contribution in [2.45, 2.75) is 19.4 Å². The fourth-order valence-electron chi connectivity index (χ4n) is 2.52. The first-order valence-corrected chi connectivity index (χ1v) is 9.84. The minimum absolute atomic E-state index is 0.186. The molecular weight excluding hydrogens is 390 g/mol. The zero-order valence-corrected chi connectivity index (χ0v) is 16.1. The van der Waals surface area contributed by atoms with Crippen LogP contribution >= 0.6 is 11.3 Å². The molecule has 0 saturated carbocycles. The summed E-state index contributed by atoms with van der Waals surface area (Å²) < 4.78 is 11.0. The first-order valence-electron chi connectivity index (χ1n) is 8.89. The normalized spacial score (nSPS) is 10.6. The summed E-state index contributed by atoms with van der Waals surface area (Å²) in [6, 6.07) is 9.16. The molecule has 0 bridgehead atoms. The maximum Gasteiger partial charge on any atom is 0.227 e. The van der Waals surface area contributed by atoms with Gasteiger partial charge in [0.25, 0.3) is 0 Å². The zero-order chi connectivity index (χ0) is 19.9. The van der Waals surface area contributed by atoms with Gasteiger partial charge in [-0.15, -0.1) is 0 Å². The molecule has 0 atom stereocenters. The number of ether oxygens (including phenoxy) is 1. The van der Waals surface area contributed by atoms with E-state index in [1.165, 1.54) is 0 Å². The van der Waals surface area contributed by atoms with Crippen LogP contribution in [0.3, 0.4) is 0 Å². The van der Waals surface area contributed by atoms with E-state index in [-0.39, 0.29) is 12.3 Å². The van der Waals surface area contributed by atoms with E-state index in [1.54, 1.807) is 42.1 Å². The van der Waals surface area contributed by atoms with Gasteiger partial charge in [-0.2, -0.15) is 16.3 Å². The second-order valence-electron chi connectivity index (χ2n) is 6.07. The van der Waals surface area contributed by atoms with Crippen molar-refractivity contribution < 1.29 is 14.1 Å². The Balaban J connectivity index is 1.33. The Morgan fingerprint density at radius 3 is 2.90 bits per heavy atom. The van der Waals surface area contributed by atoms with Gasteiger partial charge in [-0.25, -0.2) is 4.98 Å². The number of nitrogens with zero attached hydrogens (tertiary/aromatic N) is 4. The molecule has 4 aromatic rings. The fourth-order valence-corrected chi connectivity index (χ4v) is 3.16. The highest BCUT2D eigenvalue weighted by atomic mass is 32.1. The van der Waals surface area contributed by atoms with Crippen molar-refractivity contribution in [3.05, 3.63) is 71.1 Å². The summed E-state index contributed by atoms with van der Waals surface area (Å²) in [7, 11) is 0. The van der Waals surface area contributed by atoms with Crippen LogP contribution in [0.15, 0.2) is 64.2 Å².